The highest BCUT2D eigenvalue weighted by Gasteiger charge is 2.43. The molecule has 0 bridgehead atoms. The van der Waals surface area contributed by atoms with Crippen LogP contribution in [0.3, 0.4) is 0 Å². The minimum atomic E-state index is -1.07. The molecule has 7 nitrogen and oxygen atoms in total. The third-order valence-corrected chi connectivity index (χ3v) is 5.71. The molecule has 32 heavy (non-hydrogen) atoms. The second-order valence-electron chi connectivity index (χ2n) is 8.13. The van der Waals surface area contributed by atoms with Gasteiger partial charge in [0.2, 0.25) is 5.79 Å². The van der Waals surface area contributed by atoms with Crippen LogP contribution in [0.1, 0.15) is 38.3 Å². The topological polar surface area (TPSA) is 72.5 Å². The Hall–Kier alpha value is -2.77. The summed E-state index contributed by atoms with van der Waals surface area (Å²) in [5.74, 6) is 0.672. The third kappa shape index (κ3) is 5.00. The van der Waals surface area contributed by atoms with Crippen LogP contribution >= 0.6 is 0 Å². The standard InChI is InChI=1S/C25H32O7/c1-6-24(2,3)23(26)30-14-13-29-19-9-7-18(8-10-19)25(31-15-16-32-25)21-12-11-20(27-4)17-22(21)28-5/h7-12,17H,6,13-16H2,1-5H3. The molecular formula is C25H32O7. The normalized spacial score (nSPS) is 15.3. The highest BCUT2D eigenvalue weighted by Crippen LogP contribution is 2.44. The summed E-state index contributed by atoms with van der Waals surface area (Å²) in [5, 5.41) is 0. The number of benzene rings is 2. The van der Waals surface area contributed by atoms with E-state index >= 15 is 0 Å². The molecule has 0 saturated carbocycles. The molecule has 1 aliphatic rings. The lowest BCUT2D eigenvalue weighted by Gasteiger charge is -2.30. The molecule has 2 aromatic rings. The van der Waals surface area contributed by atoms with Crippen LogP contribution in [0.2, 0.25) is 0 Å². The number of ether oxygens (including phenoxy) is 6. The van der Waals surface area contributed by atoms with Crippen LogP contribution in [-0.4, -0.2) is 46.6 Å². The Balaban J connectivity index is 1.70. The van der Waals surface area contributed by atoms with E-state index in [-0.39, 0.29) is 19.2 Å². The van der Waals surface area contributed by atoms with E-state index in [2.05, 4.69) is 0 Å². The molecule has 0 unspecified atom stereocenters. The van der Waals surface area contributed by atoms with Crippen LogP contribution in [0.5, 0.6) is 17.2 Å². The third-order valence-electron chi connectivity index (χ3n) is 5.71. The molecule has 0 N–H and O–H groups in total. The maximum atomic E-state index is 12.0. The molecule has 0 aliphatic carbocycles. The van der Waals surface area contributed by atoms with Gasteiger partial charge in [-0.15, -0.1) is 0 Å². The molecular weight excluding hydrogens is 412 g/mol. The predicted octanol–water partition coefficient (Wildman–Crippen LogP) is 4.31. The van der Waals surface area contributed by atoms with Crippen molar-refractivity contribution in [1.29, 1.82) is 0 Å². The highest BCUT2D eigenvalue weighted by molar-refractivity contribution is 5.75. The van der Waals surface area contributed by atoms with Gasteiger partial charge in [0, 0.05) is 11.6 Å². The first-order chi connectivity index (χ1) is 15.4. The van der Waals surface area contributed by atoms with Gasteiger partial charge in [0.15, 0.2) is 0 Å². The van der Waals surface area contributed by atoms with E-state index in [1.54, 1.807) is 20.3 Å². The second-order valence-corrected chi connectivity index (χ2v) is 8.13. The van der Waals surface area contributed by atoms with Crippen molar-refractivity contribution in [3.8, 4) is 17.2 Å². The summed E-state index contributed by atoms with van der Waals surface area (Å²) in [6.07, 6.45) is 0.721. The van der Waals surface area contributed by atoms with Gasteiger partial charge < -0.3 is 28.4 Å². The molecule has 1 heterocycles. The van der Waals surface area contributed by atoms with Crippen LogP contribution in [0.4, 0.5) is 0 Å². The van der Waals surface area contributed by atoms with Gasteiger partial charge in [-0.05, 0) is 56.7 Å². The Kier molecular flexibility index (Phi) is 7.64. The molecule has 0 atom stereocenters. The number of carbonyl (C=O) groups excluding carboxylic acids is 1. The first-order valence-corrected chi connectivity index (χ1v) is 10.8. The number of rotatable bonds is 10. The Morgan fingerprint density at radius 1 is 0.969 bits per heavy atom. The van der Waals surface area contributed by atoms with Crippen LogP contribution in [0.15, 0.2) is 42.5 Å². The molecule has 0 spiro atoms. The minimum Gasteiger partial charge on any atom is -0.497 e. The van der Waals surface area contributed by atoms with Crippen molar-refractivity contribution < 1.29 is 33.2 Å². The fraction of sp³-hybridized carbons (Fsp3) is 0.480. The van der Waals surface area contributed by atoms with E-state index in [0.29, 0.717) is 30.5 Å². The summed E-state index contributed by atoms with van der Waals surface area (Å²) in [5.41, 5.74) is 1.10. The van der Waals surface area contributed by atoms with Gasteiger partial charge in [0.1, 0.15) is 30.5 Å². The zero-order valence-corrected chi connectivity index (χ0v) is 19.4. The predicted molar refractivity (Wildman–Crippen MR) is 119 cm³/mol. The summed E-state index contributed by atoms with van der Waals surface area (Å²) < 4.78 is 34.1. The number of hydrogen-bond acceptors (Lipinski definition) is 7. The summed E-state index contributed by atoms with van der Waals surface area (Å²) in [6.45, 7) is 7.11. The Morgan fingerprint density at radius 2 is 1.62 bits per heavy atom. The lowest BCUT2D eigenvalue weighted by Crippen LogP contribution is -2.29. The van der Waals surface area contributed by atoms with Crippen LogP contribution < -0.4 is 14.2 Å². The summed E-state index contributed by atoms with van der Waals surface area (Å²) in [6, 6.07) is 13.0. The monoisotopic (exact) mass is 444 g/mol. The first-order valence-electron chi connectivity index (χ1n) is 10.8. The van der Waals surface area contributed by atoms with E-state index in [1.807, 2.05) is 57.2 Å². The number of esters is 1. The number of carbonyl (C=O) groups is 1. The van der Waals surface area contributed by atoms with Crippen molar-refractivity contribution in [3.05, 3.63) is 53.6 Å². The SMILES string of the molecule is CCC(C)(C)C(=O)OCCOc1ccc(C2(c3ccc(OC)cc3OC)OCCO2)cc1. The summed E-state index contributed by atoms with van der Waals surface area (Å²) in [4.78, 5) is 12.0. The van der Waals surface area contributed by atoms with Crippen LogP contribution in [0, 0.1) is 5.41 Å². The average molecular weight is 445 g/mol. The zero-order valence-electron chi connectivity index (χ0n) is 19.4. The largest absolute Gasteiger partial charge is 0.497 e. The van der Waals surface area contributed by atoms with Gasteiger partial charge in [-0.2, -0.15) is 0 Å². The van der Waals surface area contributed by atoms with Gasteiger partial charge in [-0.1, -0.05) is 6.92 Å². The van der Waals surface area contributed by atoms with Crippen molar-refractivity contribution in [1.82, 2.24) is 0 Å². The van der Waals surface area contributed by atoms with E-state index in [4.69, 9.17) is 28.4 Å². The molecule has 3 rings (SSSR count). The van der Waals surface area contributed by atoms with Crippen molar-refractivity contribution in [3.63, 3.8) is 0 Å². The van der Waals surface area contributed by atoms with Gasteiger partial charge >= 0.3 is 5.97 Å². The zero-order chi connectivity index (χ0) is 23.2. The fourth-order valence-electron chi connectivity index (χ4n) is 3.36. The van der Waals surface area contributed by atoms with Crippen LogP contribution in [-0.2, 0) is 24.8 Å². The first kappa shape index (κ1) is 23.9. The maximum Gasteiger partial charge on any atom is 0.311 e. The molecule has 2 aromatic carbocycles. The molecule has 0 radical (unpaired) electrons. The van der Waals surface area contributed by atoms with E-state index < -0.39 is 11.2 Å². The molecule has 174 valence electrons. The van der Waals surface area contributed by atoms with Gasteiger partial charge in [0.05, 0.1) is 38.4 Å². The lowest BCUT2D eigenvalue weighted by atomic mass is 9.91. The lowest BCUT2D eigenvalue weighted by molar-refractivity contribution is -0.154. The van der Waals surface area contributed by atoms with Crippen molar-refractivity contribution in [2.75, 3.05) is 40.6 Å². The Morgan fingerprint density at radius 3 is 2.22 bits per heavy atom. The summed E-state index contributed by atoms with van der Waals surface area (Å²) >= 11 is 0. The minimum absolute atomic E-state index is 0.198. The van der Waals surface area contributed by atoms with Crippen molar-refractivity contribution >= 4 is 5.97 Å². The average Bonchev–Trinajstić information content (AvgIpc) is 3.32. The fourth-order valence-corrected chi connectivity index (χ4v) is 3.36. The number of methoxy groups -OCH3 is 2. The molecule has 7 heteroatoms. The van der Waals surface area contributed by atoms with E-state index in [0.717, 1.165) is 17.5 Å². The molecule has 0 aromatic heterocycles. The smallest absolute Gasteiger partial charge is 0.311 e. The molecule has 0 amide bonds. The van der Waals surface area contributed by atoms with E-state index in [1.165, 1.54) is 0 Å². The molecule has 1 saturated heterocycles. The van der Waals surface area contributed by atoms with Crippen molar-refractivity contribution in [2.45, 2.75) is 33.0 Å². The van der Waals surface area contributed by atoms with E-state index in [9.17, 15) is 4.79 Å². The Bertz CT molecular complexity index is 899. The van der Waals surface area contributed by atoms with Gasteiger partial charge in [0.25, 0.3) is 0 Å². The second kappa shape index (κ2) is 10.2. The quantitative estimate of drug-likeness (QED) is 0.399. The number of hydrogen-bond donors (Lipinski definition) is 0. The van der Waals surface area contributed by atoms with Crippen molar-refractivity contribution in [2.24, 2.45) is 5.41 Å². The van der Waals surface area contributed by atoms with Crippen LogP contribution in [0.25, 0.3) is 0 Å². The Labute approximate surface area is 189 Å². The molecule has 1 aliphatic heterocycles. The van der Waals surface area contributed by atoms with Gasteiger partial charge in [-0.3, -0.25) is 4.79 Å². The molecule has 1 fully saturated rings. The summed E-state index contributed by atoms with van der Waals surface area (Å²) in [7, 11) is 3.21. The van der Waals surface area contributed by atoms with Gasteiger partial charge in [-0.25, -0.2) is 0 Å². The highest BCUT2D eigenvalue weighted by atomic mass is 16.7. The maximum absolute atomic E-state index is 12.0.